The normalized spacial score (nSPS) is 30.2. The van der Waals surface area contributed by atoms with Crippen LogP contribution >= 0.6 is 0 Å². The van der Waals surface area contributed by atoms with Crippen LogP contribution in [0.1, 0.15) is 45.4 Å². The van der Waals surface area contributed by atoms with E-state index in [4.69, 9.17) is 0 Å². The molecule has 1 fully saturated rings. The van der Waals surface area contributed by atoms with Crippen molar-refractivity contribution in [3.63, 3.8) is 0 Å². The molecule has 0 N–H and O–H groups in total. The molecule has 0 bridgehead atoms. The average molecular weight is 176 g/mol. The van der Waals surface area contributed by atoms with Gasteiger partial charge in [0.15, 0.2) is 0 Å². The lowest BCUT2D eigenvalue weighted by Crippen LogP contribution is -2.17. The number of allylic oxidation sites excluding steroid dienone is 4. The molecule has 0 spiro atoms. The Morgan fingerprint density at radius 3 is 2.62 bits per heavy atom. The third-order valence-corrected chi connectivity index (χ3v) is 3.52. The van der Waals surface area contributed by atoms with Gasteiger partial charge in [-0.1, -0.05) is 43.1 Å². The minimum absolute atomic E-state index is 0.866. The highest BCUT2D eigenvalue weighted by Crippen LogP contribution is 2.34. The first-order chi connectivity index (χ1) is 6.36. The molecule has 0 amide bonds. The van der Waals surface area contributed by atoms with Gasteiger partial charge in [0.25, 0.3) is 0 Å². The Hall–Kier alpha value is -0.520. The second-order valence-electron chi connectivity index (χ2n) is 4.61. The number of rotatable bonds is 1. The van der Waals surface area contributed by atoms with Crippen LogP contribution in [0.3, 0.4) is 0 Å². The molecule has 0 aromatic rings. The van der Waals surface area contributed by atoms with Crippen molar-refractivity contribution in [2.24, 2.45) is 11.8 Å². The van der Waals surface area contributed by atoms with Gasteiger partial charge in [0.05, 0.1) is 0 Å². The predicted octanol–water partition coefficient (Wildman–Crippen LogP) is 4.09. The smallest absolute Gasteiger partial charge is 0.0165 e. The van der Waals surface area contributed by atoms with Crippen LogP contribution in [0.2, 0.25) is 0 Å². The predicted molar refractivity (Wildman–Crippen MR) is 57.6 cm³/mol. The molecule has 2 rings (SSSR count). The molecule has 0 aromatic heterocycles. The molecule has 0 nitrogen and oxygen atoms in total. The van der Waals surface area contributed by atoms with Crippen LogP contribution in [0, 0.1) is 11.8 Å². The SMILES string of the molecule is CC1=CC(C2CCCCC2)CC=C1. The lowest BCUT2D eigenvalue weighted by molar-refractivity contribution is 0.285. The van der Waals surface area contributed by atoms with Crippen LogP contribution in [0.5, 0.6) is 0 Å². The quantitative estimate of drug-likeness (QED) is 0.564. The fourth-order valence-electron chi connectivity index (χ4n) is 2.76. The van der Waals surface area contributed by atoms with Gasteiger partial charge in [0, 0.05) is 0 Å². The molecule has 1 atom stereocenters. The van der Waals surface area contributed by atoms with E-state index in [1.165, 1.54) is 44.1 Å². The Kier molecular flexibility index (Phi) is 2.87. The summed E-state index contributed by atoms with van der Waals surface area (Å²) in [5, 5.41) is 0. The Morgan fingerprint density at radius 1 is 1.15 bits per heavy atom. The summed E-state index contributed by atoms with van der Waals surface area (Å²) < 4.78 is 0. The van der Waals surface area contributed by atoms with E-state index in [-0.39, 0.29) is 0 Å². The Bertz CT molecular complexity index is 216. The maximum atomic E-state index is 2.50. The topological polar surface area (TPSA) is 0 Å². The zero-order valence-corrected chi connectivity index (χ0v) is 8.63. The molecular weight excluding hydrogens is 156 g/mol. The van der Waals surface area contributed by atoms with E-state index in [9.17, 15) is 0 Å². The van der Waals surface area contributed by atoms with Crippen LogP contribution in [0.25, 0.3) is 0 Å². The van der Waals surface area contributed by atoms with Crippen molar-refractivity contribution < 1.29 is 0 Å². The molecule has 0 aromatic carbocycles. The summed E-state index contributed by atoms with van der Waals surface area (Å²) in [4.78, 5) is 0. The summed E-state index contributed by atoms with van der Waals surface area (Å²) in [5.41, 5.74) is 1.47. The largest absolute Gasteiger partial charge is 0.0837 e. The van der Waals surface area contributed by atoms with Gasteiger partial charge in [-0.15, -0.1) is 0 Å². The van der Waals surface area contributed by atoms with Gasteiger partial charge in [-0.05, 0) is 38.0 Å². The van der Waals surface area contributed by atoms with E-state index in [0.717, 1.165) is 11.8 Å². The minimum atomic E-state index is 0.866. The molecule has 0 radical (unpaired) electrons. The molecule has 0 saturated heterocycles. The molecule has 1 saturated carbocycles. The molecule has 13 heavy (non-hydrogen) atoms. The first kappa shape index (κ1) is 9.05. The Balaban J connectivity index is 1.96. The summed E-state index contributed by atoms with van der Waals surface area (Å²) in [6.45, 7) is 2.23. The van der Waals surface area contributed by atoms with Crippen LogP contribution in [0.15, 0.2) is 23.8 Å². The molecule has 2 aliphatic rings. The van der Waals surface area contributed by atoms with E-state index in [1.807, 2.05) is 0 Å². The van der Waals surface area contributed by atoms with Crippen LogP contribution < -0.4 is 0 Å². The minimum Gasteiger partial charge on any atom is -0.0837 e. The van der Waals surface area contributed by atoms with Crippen molar-refractivity contribution >= 4 is 0 Å². The van der Waals surface area contributed by atoms with Gasteiger partial charge in [-0.25, -0.2) is 0 Å². The van der Waals surface area contributed by atoms with E-state index >= 15 is 0 Å². The fraction of sp³-hybridized carbons (Fsp3) is 0.692. The number of hydrogen-bond acceptors (Lipinski definition) is 0. The summed E-state index contributed by atoms with van der Waals surface area (Å²) >= 11 is 0. The van der Waals surface area contributed by atoms with Gasteiger partial charge < -0.3 is 0 Å². The van der Waals surface area contributed by atoms with Gasteiger partial charge in [0.2, 0.25) is 0 Å². The van der Waals surface area contributed by atoms with E-state index in [1.54, 1.807) is 0 Å². The van der Waals surface area contributed by atoms with E-state index < -0.39 is 0 Å². The standard InChI is InChI=1S/C13H20/c1-11-6-5-9-13(10-11)12-7-3-2-4-8-12/h5-6,10,12-13H,2-4,7-9H2,1H3. The van der Waals surface area contributed by atoms with Crippen molar-refractivity contribution in [1.29, 1.82) is 0 Å². The van der Waals surface area contributed by atoms with Crippen LogP contribution in [0.4, 0.5) is 0 Å². The maximum Gasteiger partial charge on any atom is -0.0165 e. The first-order valence-corrected chi connectivity index (χ1v) is 5.71. The second-order valence-corrected chi connectivity index (χ2v) is 4.61. The maximum absolute atomic E-state index is 2.50. The lowest BCUT2D eigenvalue weighted by Gasteiger charge is -2.29. The van der Waals surface area contributed by atoms with Crippen LogP contribution in [-0.2, 0) is 0 Å². The number of hydrogen-bond donors (Lipinski definition) is 0. The fourth-order valence-corrected chi connectivity index (χ4v) is 2.76. The zero-order chi connectivity index (χ0) is 9.10. The molecule has 0 heterocycles. The van der Waals surface area contributed by atoms with Gasteiger partial charge in [-0.3, -0.25) is 0 Å². The summed E-state index contributed by atoms with van der Waals surface area (Å²) in [5.74, 6) is 1.86. The van der Waals surface area contributed by atoms with E-state index in [0.29, 0.717) is 0 Å². The third kappa shape index (κ3) is 2.24. The molecule has 0 aliphatic heterocycles. The monoisotopic (exact) mass is 176 g/mol. The summed E-state index contributed by atoms with van der Waals surface area (Å²) in [6, 6.07) is 0. The van der Waals surface area contributed by atoms with Crippen molar-refractivity contribution in [1.82, 2.24) is 0 Å². The third-order valence-electron chi connectivity index (χ3n) is 3.52. The highest BCUT2D eigenvalue weighted by Gasteiger charge is 2.21. The molecular formula is C13H20. The summed E-state index contributed by atoms with van der Waals surface area (Å²) in [6.07, 6.45) is 15.8. The van der Waals surface area contributed by atoms with Crippen LogP contribution in [-0.4, -0.2) is 0 Å². The zero-order valence-electron chi connectivity index (χ0n) is 8.63. The highest BCUT2D eigenvalue weighted by atomic mass is 14.3. The average Bonchev–Trinajstić information content (AvgIpc) is 2.19. The Morgan fingerprint density at radius 2 is 1.92 bits per heavy atom. The van der Waals surface area contributed by atoms with Crippen molar-refractivity contribution in [2.75, 3.05) is 0 Å². The molecule has 2 aliphatic carbocycles. The highest BCUT2D eigenvalue weighted by molar-refractivity contribution is 5.22. The molecule has 0 heteroatoms. The second kappa shape index (κ2) is 4.13. The Labute approximate surface area is 81.7 Å². The van der Waals surface area contributed by atoms with Crippen molar-refractivity contribution in [2.45, 2.75) is 45.4 Å². The van der Waals surface area contributed by atoms with Crippen molar-refractivity contribution in [3.8, 4) is 0 Å². The van der Waals surface area contributed by atoms with Gasteiger partial charge in [-0.2, -0.15) is 0 Å². The molecule has 72 valence electrons. The van der Waals surface area contributed by atoms with Gasteiger partial charge in [0.1, 0.15) is 0 Å². The lowest BCUT2D eigenvalue weighted by atomic mass is 9.76. The first-order valence-electron chi connectivity index (χ1n) is 5.71. The van der Waals surface area contributed by atoms with E-state index in [2.05, 4.69) is 25.2 Å². The molecule has 1 unspecified atom stereocenters. The van der Waals surface area contributed by atoms with Gasteiger partial charge >= 0.3 is 0 Å². The summed E-state index contributed by atoms with van der Waals surface area (Å²) in [7, 11) is 0. The van der Waals surface area contributed by atoms with Crippen molar-refractivity contribution in [3.05, 3.63) is 23.8 Å².